The Morgan fingerprint density at radius 2 is 1.74 bits per heavy atom. The molecule has 0 atom stereocenters. The first-order valence-electron chi connectivity index (χ1n) is 9.36. The molecular weight excluding hydrogens is 457 g/mol. The minimum atomic E-state index is -4.69. The second-order valence-electron chi connectivity index (χ2n) is 7.44. The molecule has 1 fully saturated rings. The number of likely N-dealkylation sites (tertiary alicyclic amines) is 1. The second-order valence-corrected chi connectivity index (χ2v) is 9.88. The average Bonchev–Trinajstić information content (AvgIpc) is 2.67. The summed E-state index contributed by atoms with van der Waals surface area (Å²) in [6.45, 7) is 0.536. The van der Waals surface area contributed by atoms with Gasteiger partial charge in [-0.1, -0.05) is 23.7 Å². The molecule has 0 aromatic heterocycles. The molecule has 1 saturated heterocycles. The number of amides is 1. The van der Waals surface area contributed by atoms with Crippen molar-refractivity contribution in [3.05, 3.63) is 47.0 Å². The van der Waals surface area contributed by atoms with E-state index >= 15 is 0 Å². The molecule has 1 amide bonds. The lowest BCUT2D eigenvalue weighted by molar-refractivity contribution is -0.137. The van der Waals surface area contributed by atoms with Crippen LogP contribution in [-0.4, -0.2) is 43.4 Å². The zero-order valence-electron chi connectivity index (χ0n) is 16.2. The molecule has 31 heavy (non-hydrogen) atoms. The van der Waals surface area contributed by atoms with Crippen LogP contribution in [0, 0.1) is 5.92 Å². The maximum Gasteiger partial charge on any atom is 0.417 e. The molecule has 3 N–H and O–H groups in total. The van der Waals surface area contributed by atoms with Crippen molar-refractivity contribution in [3.8, 4) is 11.1 Å². The molecule has 0 aliphatic carbocycles. The van der Waals surface area contributed by atoms with Gasteiger partial charge in [-0.3, -0.25) is 0 Å². The van der Waals surface area contributed by atoms with E-state index in [0.29, 0.717) is 12.8 Å². The van der Waals surface area contributed by atoms with Crippen LogP contribution in [0.2, 0.25) is 5.02 Å². The largest absolute Gasteiger partial charge is 0.465 e. The van der Waals surface area contributed by atoms with E-state index in [1.165, 1.54) is 35.2 Å². The summed E-state index contributed by atoms with van der Waals surface area (Å²) in [5.74, 6) is -0.348. The number of benzene rings is 2. The van der Waals surface area contributed by atoms with Crippen molar-refractivity contribution in [2.45, 2.75) is 23.9 Å². The van der Waals surface area contributed by atoms with Gasteiger partial charge in [0.25, 0.3) is 0 Å². The van der Waals surface area contributed by atoms with E-state index < -0.39 is 27.7 Å². The van der Waals surface area contributed by atoms with Gasteiger partial charge in [0.2, 0.25) is 0 Å². The molecule has 6 nitrogen and oxygen atoms in total. The maximum atomic E-state index is 13.5. The van der Waals surface area contributed by atoms with Gasteiger partial charge in [-0.05, 0) is 48.6 Å². The molecule has 168 valence electrons. The molecule has 1 aliphatic rings. The van der Waals surface area contributed by atoms with Crippen LogP contribution >= 0.6 is 11.6 Å². The highest BCUT2D eigenvalue weighted by Crippen LogP contribution is 2.42. The predicted molar refractivity (Wildman–Crippen MR) is 111 cm³/mol. The van der Waals surface area contributed by atoms with Crippen LogP contribution in [0.25, 0.3) is 11.1 Å². The topological polar surface area (TPSA) is 101 Å². The van der Waals surface area contributed by atoms with Crippen molar-refractivity contribution in [2.75, 3.05) is 24.6 Å². The number of nitrogens with zero attached hydrogens (tertiary/aromatic N) is 1. The van der Waals surface area contributed by atoms with E-state index in [1.807, 2.05) is 0 Å². The van der Waals surface area contributed by atoms with Crippen molar-refractivity contribution in [1.29, 1.82) is 0 Å². The molecule has 0 unspecified atom stereocenters. The van der Waals surface area contributed by atoms with Gasteiger partial charge in [0, 0.05) is 24.3 Å². The lowest BCUT2D eigenvalue weighted by atomic mass is 9.98. The summed E-state index contributed by atoms with van der Waals surface area (Å²) in [5, 5.41) is 8.79. The predicted octanol–water partition coefficient (Wildman–Crippen LogP) is 4.77. The van der Waals surface area contributed by atoms with Gasteiger partial charge in [0.05, 0.1) is 21.2 Å². The highest BCUT2D eigenvalue weighted by Gasteiger charge is 2.35. The number of piperidine rings is 1. The van der Waals surface area contributed by atoms with Crippen molar-refractivity contribution >= 4 is 33.2 Å². The van der Waals surface area contributed by atoms with Crippen LogP contribution in [-0.2, 0) is 16.0 Å². The summed E-state index contributed by atoms with van der Waals surface area (Å²) in [6.07, 6.45) is -4.86. The van der Waals surface area contributed by atoms with E-state index in [-0.39, 0.29) is 51.5 Å². The summed E-state index contributed by atoms with van der Waals surface area (Å²) in [7, 11) is -3.69. The summed E-state index contributed by atoms with van der Waals surface area (Å²) in [5.41, 5.74) is 4.21. The molecule has 0 spiro atoms. The summed E-state index contributed by atoms with van der Waals surface area (Å²) in [6, 6.07) is 7.07. The zero-order chi connectivity index (χ0) is 23.0. The summed E-state index contributed by atoms with van der Waals surface area (Å²) >= 11 is 6.02. The molecule has 0 saturated carbocycles. The van der Waals surface area contributed by atoms with Crippen molar-refractivity contribution < 1.29 is 31.5 Å². The van der Waals surface area contributed by atoms with Crippen molar-refractivity contribution in [3.63, 3.8) is 0 Å². The number of hydrogen-bond donors (Lipinski definition) is 2. The van der Waals surface area contributed by atoms with E-state index in [0.717, 1.165) is 6.07 Å². The Morgan fingerprint density at radius 1 is 1.16 bits per heavy atom. The first kappa shape index (κ1) is 23.2. The average molecular weight is 477 g/mol. The van der Waals surface area contributed by atoms with Gasteiger partial charge in [-0.25, -0.2) is 13.2 Å². The minimum Gasteiger partial charge on any atom is -0.465 e. The Bertz CT molecular complexity index is 1080. The van der Waals surface area contributed by atoms with Crippen LogP contribution < -0.4 is 5.73 Å². The molecule has 11 heteroatoms. The van der Waals surface area contributed by atoms with Gasteiger partial charge in [-0.2, -0.15) is 13.2 Å². The Labute approximate surface area is 182 Å². The number of anilines is 1. The van der Waals surface area contributed by atoms with Crippen LogP contribution in [0.15, 0.2) is 41.3 Å². The fourth-order valence-electron chi connectivity index (χ4n) is 3.67. The number of sulfone groups is 1. The summed E-state index contributed by atoms with van der Waals surface area (Å²) < 4.78 is 65.8. The molecule has 2 aromatic rings. The Morgan fingerprint density at radius 3 is 2.26 bits per heavy atom. The highest BCUT2D eigenvalue weighted by atomic mass is 35.5. The number of rotatable bonds is 4. The van der Waals surface area contributed by atoms with Crippen LogP contribution in [0.5, 0.6) is 0 Å². The van der Waals surface area contributed by atoms with E-state index in [2.05, 4.69) is 0 Å². The molecule has 1 heterocycles. The molecular formula is C20H20ClF3N2O4S. The van der Waals surface area contributed by atoms with Crippen LogP contribution in [0.3, 0.4) is 0 Å². The first-order valence-corrected chi connectivity index (χ1v) is 11.4. The number of carbonyl (C=O) groups is 1. The van der Waals surface area contributed by atoms with E-state index in [9.17, 15) is 26.4 Å². The minimum absolute atomic E-state index is 0.0166. The van der Waals surface area contributed by atoms with Crippen molar-refractivity contribution in [2.24, 2.45) is 5.92 Å². The standard InChI is InChI=1S/C20H20ClF3N2O4S/c21-17-10-14(25)9-16(20(22,23)24)18(17)13-1-3-15(4-2-13)31(29,30)11-12-5-7-26(8-6-12)19(27)28/h1-4,9-10,12H,5-8,11,25H2,(H,27,28). The van der Waals surface area contributed by atoms with Gasteiger partial charge >= 0.3 is 12.3 Å². The Balaban J connectivity index is 1.83. The van der Waals surface area contributed by atoms with Crippen LogP contribution in [0.4, 0.5) is 23.7 Å². The monoisotopic (exact) mass is 476 g/mol. The fraction of sp³-hybridized carbons (Fsp3) is 0.350. The fourth-order valence-corrected chi connectivity index (χ4v) is 5.71. The maximum absolute atomic E-state index is 13.5. The highest BCUT2D eigenvalue weighted by molar-refractivity contribution is 7.91. The quantitative estimate of drug-likeness (QED) is 0.619. The van der Waals surface area contributed by atoms with Gasteiger partial charge in [0.15, 0.2) is 9.84 Å². The lowest BCUT2D eigenvalue weighted by Crippen LogP contribution is -2.39. The third-order valence-corrected chi connectivity index (χ3v) is 7.46. The second kappa shape index (κ2) is 8.58. The lowest BCUT2D eigenvalue weighted by Gasteiger charge is -2.29. The number of hydrogen-bond acceptors (Lipinski definition) is 4. The number of nitrogens with two attached hydrogens (primary N) is 1. The number of alkyl halides is 3. The molecule has 0 radical (unpaired) electrons. The van der Waals surface area contributed by atoms with Gasteiger partial charge < -0.3 is 15.7 Å². The van der Waals surface area contributed by atoms with E-state index in [4.69, 9.17) is 22.4 Å². The third-order valence-electron chi connectivity index (χ3n) is 5.26. The molecule has 0 bridgehead atoms. The smallest absolute Gasteiger partial charge is 0.417 e. The third kappa shape index (κ3) is 5.24. The number of halogens is 4. The molecule has 3 rings (SSSR count). The van der Waals surface area contributed by atoms with Gasteiger partial charge in [-0.15, -0.1) is 0 Å². The molecule has 1 aliphatic heterocycles. The van der Waals surface area contributed by atoms with Crippen LogP contribution in [0.1, 0.15) is 18.4 Å². The molecule has 2 aromatic carbocycles. The van der Waals surface area contributed by atoms with Gasteiger partial charge in [0.1, 0.15) is 0 Å². The number of nitrogen functional groups attached to an aromatic ring is 1. The SMILES string of the molecule is Nc1cc(Cl)c(-c2ccc(S(=O)(=O)CC3CCN(C(=O)O)CC3)cc2)c(C(F)(F)F)c1. The first-order chi connectivity index (χ1) is 14.4. The normalized spacial score (nSPS) is 15.8. The summed E-state index contributed by atoms with van der Waals surface area (Å²) in [4.78, 5) is 12.2. The number of carboxylic acid groups (broad SMARTS) is 1. The Kier molecular flexibility index (Phi) is 6.43. The van der Waals surface area contributed by atoms with Crippen molar-refractivity contribution in [1.82, 2.24) is 4.90 Å². The van der Waals surface area contributed by atoms with E-state index in [1.54, 1.807) is 0 Å². The Hall–Kier alpha value is -2.46. The zero-order valence-corrected chi connectivity index (χ0v) is 17.8.